The van der Waals surface area contributed by atoms with E-state index in [2.05, 4.69) is 177 Å². The van der Waals surface area contributed by atoms with Crippen LogP contribution in [0.1, 0.15) is 99.2 Å². The van der Waals surface area contributed by atoms with Crippen LogP contribution in [0.25, 0.3) is 11.1 Å². The van der Waals surface area contributed by atoms with Crippen molar-refractivity contribution in [2.75, 3.05) is 18.2 Å². The van der Waals surface area contributed by atoms with Crippen LogP contribution >= 0.6 is 0 Å². The summed E-state index contributed by atoms with van der Waals surface area (Å²) >= 11 is 0. The zero-order chi connectivity index (χ0) is 36.2. The van der Waals surface area contributed by atoms with Crippen molar-refractivity contribution < 1.29 is 14.2 Å². The molecule has 0 spiro atoms. The van der Waals surface area contributed by atoms with Gasteiger partial charge in [-0.2, -0.15) is 5.10 Å². The lowest BCUT2D eigenvalue weighted by atomic mass is 9.74. The van der Waals surface area contributed by atoms with Gasteiger partial charge in [-0.3, -0.25) is 5.01 Å². The molecule has 266 valence electrons. The van der Waals surface area contributed by atoms with Crippen molar-refractivity contribution >= 4 is 11.4 Å². The topological polar surface area (TPSA) is 43.3 Å². The number of ether oxygens (including phenoxy) is 3. The first-order chi connectivity index (χ1) is 23.5. The molecule has 50 heavy (non-hydrogen) atoms. The highest BCUT2D eigenvalue weighted by atomic mass is 16.5. The molecule has 0 aromatic heterocycles. The predicted molar refractivity (Wildman–Crippen MR) is 209 cm³/mol. The first kappa shape index (κ1) is 37.3. The molecule has 2 unspecified atom stereocenters. The summed E-state index contributed by atoms with van der Waals surface area (Å²) in [5, 5.41) is 7.34. The van der Waals surface area contributed by atoms with Gasteiger partial charge in [0.2, 0.25) is 0 Å². The minimum Gasteiger partial charge on any atom is -0.488 e. The number of hydrazone groups is 1. The quantitative estimate of drug-likeness (QED) is 0.133. The lowest BCUT2D eigenvalue weighted by Gasteiger charge is -2.43. The fourth-order valence-corrected chi connectivity index (χ4v) is 6.05. The van der Waals surface area contributed by atoms with Crippen LogP contribution in [0, 0.1) is 11.3 Å². The monoisotopic (exact) mass is 674 g/mol. The van der Waals surface area contributed by atoms with Gasteiger partial charge in [0.15, 0.2) is 0 Å². The second-order valence-corrected chi connectivity index (χ2v) is 16.5. The van der Waals surface area contributed by atoms with Crippen molar-refractivity contribution in [3.8, 4) is 16.9 Å². The minimum absolute atomic E-state index is 0.0537. The summed E-state index contributed by atoms with van der Waals surface area (Å²) in [6.07, 6.45) is 1.74. The fourth-order valence-electron chi connectivity index (χ4n) is 6.05. The van der Waals surface area contributed by atoms with E-state index in [1.165, 1.54) is 16.7 Å². The molecule has 1 aliphatic heterocycles. The second kappa shape index (κ2) is 15.1. The van der Waals surface area contributed by atoms with Gasteiger partial charge < -0.3 is 14.2 Å². The molecule has 0 radical (unpaired) electrons. The van der Waals surface area contributed by atoms with Crippen molar-refractivity contribution in [2.45, 2.75) is 105 Å². The molecule has 5 nitrogen and oxygen atoms in total. The Bertz CT molecular complexity index is 1690. The van der Waals surface area contributed by atoms with Crippen molar-refractivity contribution in [3.05, 3.63) is 120 Å². The molecule has 1 aliphatic rings. The third-order valence-electron chi connectivity index (χ3n) is 10.7. The highest BCUT2D eigenvalue weighted by molar-refractivity contribution is 6.03. The largest absolute Gasteiger partial charge is 0.488 e. The summed E-state index contributed by atoms with van der Waals surface area (Å²) in [6.45, 7) is 23.1. The molecule has 0 N–H and O–H groups in total. The SMILES string of the molecule is CC(COC(C)(C)C(C)(C)CCOC(C)(C)C)C(C)(C)Oc1ccc(C2CC(c3ccc(-c4ccccc4)cc3)=NN2c2ccccc2)cc1. The molecule has 0 fully saturated rings. The summed E-state index contributed by atoms with van der Waals surface area (Å²) in [7, 11) is 0. The summed E-state index contributed by atoms with van der Waals surface area (Å²) in [6, 6.07) is 38.4. The van der Waals surface area contributed by atoms with E-state index in [-0.39, 0.29) is 28.6 Å². The molecule has 0 saturated heterocycles. The number of hydrogen-bond donors (Lipinski definition) is 0. The van der Waals surface area contributed by atoms with Gasteiger partial charge in [-0.1, -0.05) is 106 Å². The standard InChI is InChI=1S/C45H58N2O3/c1-33(32-49-45(9,10)43(5,6)29-30-48-42(2,3)4)44(7,8)50-39-27-25-37(26-28-39)41-31-40(46-47(41)38-19-15-12-16-20-38)36-23-21-35(22-24-36)34-17-13-11-14-18-34/h11-28,33,41H,29-32H2,1-10H3. The molecule has 0 saturated carbocycles. The number of nitrogens with zero attached hydrogens (tertiary/aromatic N) is 2. The van der Waals surface area contributed by atoms with Crippen LogP contribution in [0.15, 0.2) is 114 Å². The van der Waals surface area contributed by atoms with Gasteiger partial charge in [0.1, 0.15) is 11.4 Å². The van der Waals surface area contributed by atoms with E-state index >= 15 is 0 Å². The summed E-state index contributed by atoms with van der Waals surface area (Å²) < 4.78 is 19.3. The van der Waals surface area contributed by atoms with E-state index in [0.717, 1.165) is 35.6 Å². The van der Waals surface area contributed by atoms with E-state index < -0.39 is 5.60 Å². The number of para-hydroxylation sites is 1. The lowest BCUT2D eigenvalue weighted by molar-refractivity contribution is -0.135. The molecule has 0 bridgehead atoms. The van der Waals surface area contributed by atoms with E-state index in [1.54, 1.807) is 0 Å². The molecule has 2 atom stereocenters. The average Bonchev–Trinajstić information content (AvgIpc) is 3.53. The van der Waals surface area contributed by atoms with E-state index in [9.17, 15) is 0 Å². The Kier molecular flexibility index (Phi) is 11.3. The Morgan fingerprint density at radius 3 is 1.84 bits per heavy atom. The van der Waals surface area contributed by atoms with Crippen LogP contribution in [-0.4, -0.2) is 35.7 Å². The maximum atomic E-state index is 6.64. The van der Waals surface area contributed by atoms with Crippen LogP contribution in [0.2, 0.25) is 0 Å². The lowest BCUT2D eigenvalue weighted by Crippen LogP contribution is -2.46. The third-order valence-corrected chi connectivity index (χ3v) is 10.7. The first-order valence-corrected chi connectivity index (χ1v) is 18.2. The van der Waals surface area contributed by atoms with E-state index in [4.69, 9.17) is 19.3 Å². The van der Waals surface area contributed by atoms with Crippen molar-refractivity contribution in [1.82, 2.24) is 0 Å². The van der Waals surface area contributed by atoms with Crippen LogP contribution in [0.3, 0.4) is 0 Å². The maximum absolute atomic E-state index is 6.64. The highest BCUT2D eigenvalue weighted by Crippen LogP contribution is 2.40. The van der Waals surface area contributed by atoms with Crippen LogP contribution in [0.5, 0.6) is 5.75 Å². The number of rotatable bonds is 14. The van der Waals surface area contributed by atoms with Crippen LogP contribution in [0.4, 0.5) is 5.69 Å². The van der Waals surface area contributed by atoms with E-state index in [0.29, 0.717) is 13.2 Å². The highest BCUT2D eigenvalue weighted by Gasteiger charge is 2.40. The minimum atomic E-state index is -0.428. The third kappa shape index (κ3) is 9.24. The Morgan fingerprint density at radius 1 is 0.680 bits per heavy atom. The second-order valence-electron chi connectivity index (χ2n) is 16.5. The van der Waals surface area contributed by atoms with Crippen molar-refractivity contribution in [3.63, 3.8) is 0 Å². The van der Waals surface area contributed by atoms with Crippen molar-refractivity contribution in [2.24, 2.45) is 16.4 Å². The molecular formula is C45H58N2O3. The fraction of sp³-hybridized carbons (Fsp3) is 0.444. The Balaban J connectivity index is 1.24. The number of anilines is 1. The van der Waals surface area contributed by atoms with E-state index in [1.807, 2.05) is 6.07 Å². The first-order valence-electron chi connectivity index (χ1n) is 18.2. The normalized spacial score (nSPS) is 16.3. The molecule has 1 heterocycles. The molecule has 4 aromatic rings. The Labute approximate surface area is 301 Å². The summed E-state index contributed by atoms with van der Waals surface area (Å²) in [4.78, 5) is 0. The van der Waals surface area contributed by atoms with Gasteiger partial charge in [0.25, 0.3) is 0 Å². The average molecular weight is 675 g/mol. The van der Waals surface area contributed by atoms with Gasteiger partial charge >= 0.3 is 0 Å². The van der Waals surface area contributed by atoms with Gasteiger partial charge in [0.05, 0.1) is 35.2 Å². The van der Waals surface area contributed by atoms with Gasteiger partial charge in [-0.15, -0.1) is 0 Å². The Hall–Kier alpha value is -3.93. The summed E-state index contributed by atoms with van der Waals surface area (Å²) in [5.41, 5.74) is 6.00. The zero-order valence-corrected chi connectivity index (χ0v) is 32.0. The van der Waals surface area contributed by atoms with Gasteiger partial charge in [-0.05, 0) is 107 Å². The predicted octanol–water partition coefficient (Wildman–Crippen LogP) is 11.5. The Morgan fingerprint density at radius 2 is 1.24 bits per heavy atom. The summed E-state index contributed by atoms with van der Waals surface area (Å²) in [5.74, 6) is 1.02. The molecule has 4 aromatic carbocycles. The molecule has 0 aliphatic carbocycles. The molecule has 0 amide bonds. The number of benzene rings is 4. The van der Waals surface area contributed by atoms with Crippen LogP contribution in [-0.2, 0) is 9.47 Å². The number of hydrogen-bond acceptors (Lipinski definition) is 5. The molecule has 5 heteroatoms. The molecular weight excluding hydrogens is 617 g/mol. The smallest absolute Gasteiger partial charge is 0.120 e. The van der Waals surface area contributed by atoms with Gasteiger partial charge in [-0.25, -0.2) is 0 Å². The van der Waals surface area contributed by atoms with Crippen LogP contribution < -0.4 is 9.75 Å². The zero-order valence-electron chi connectivity index (χ0n) is 32.0. The maximum Gasteiger partial charge on any atom is 0.120 e. The molecule has 5 rings (SSSR count). The van der Waals surface area contributed by atoms with Crippen molar-refractivity contribution in [1.29, 1.82) is 0 Å². The van der Waals surface area contributed by atoms with Gasteiger partial charge in [0, 0.05) is 18.9 Å².